The Hall–Kier alpha value is -1.71. The Kier molecular flexibility index (Phi) is 1.62. The molecule has 2 heterocycles. The van der Waals surface area contributed by atoms with Gasteiger partial charge in [-0.1, -0.05) is 0 Å². The molecule has 0 saturated carbocycles. The number of carbonyl (C=O) groups is 2. The van der Waals surface area contributed by atoms with Gasteiger partial charge in [-0.2, -0.15) is 0 Å². The molecule has 1 aliphatic heterocycles. The van der Waals surface area contributed by atoms with E-state index in [9.17, 15) is 14.4 Å². The van der Waals surface area contributed by atoms with E-state index in [2.05, 4.69) is 0 Å². The Labute approximate surface area is 73.2 Å². The van der Waals surface area contributed by atoms with Gasteiger partial charge < -0.3 is 4.42 Å². The Morgan fingerprint density at radius 1 is 1.08 bits per heavy atom. The van der Waals surface area contributed by atoms with E-state index in [1.807, 2.05) is 0 Å². The van der Waals surface area contributed by atoms with E-state index < -0.39 is 5.78 Å². The van der Waals surface area contributed by atoms with Crippen LogP contribution in [0.25, 0.3) is 0 Å². The Balaban J connectivity index is 2.70. The zero-order valence-electron chi connectivity index (χ0n) is 6.57. The van der Waals surface area contributed by atoms with Crippen LogP contribution >= 0.6 is 0 Å². The number of rotatable bonds is 0. The Bertz CT molecular complexity index is 404. The SMILES string of the molecule is O=C1[CH]CC(=O)c2cc(=O)cc1o2. The molecule has 0 N–H and O–H groups in total. The van der Waals surface area contributed by atoms with E-state index >= 15 is 0 Å². The maximum Gasteiger partial charge on any atom is 0.202 e. The third-order valence-electron chi connectivity index (χ3n) is 1.76. The Morgan fingerprint density at radius 2 is 1.77 bits per heavy atom. The van der Waals surface area contributed by atoms with Gasteiger partial charge in [0, 0.05) is 25.0 Å². The van der Waals surface area contributed by atoms with Crippen LogP contribution in [0.4, 0.5) is 0 Å². The number of hydrogen-bond donors (Lipinski definition) is 0. The van der Waals surface area contributed by atoms with E-state index in [-0.39, 0.29) is 29.2 Å². The molecule has 0 spiro atoms. The third kappa shape index (κ3) is 1.30. The summed E-state index contributed by atoms with van der Waals surface area (Å²) < 4.78 is 4.91. The average Bonchev–Trinajstić information content (AvgIpc) is 2.19. The lowest BCUT2D eigenvalue weighted by Crippen LogP contribution is -2.05. The Morgan fingerprint density at radius 3 is 2.54 bits per heavy atom. The van der Waals surface area contributed by atoms with Crippen molar-refractivity contribution < 1.29 is 14.0 Å². The minimum Gasteiger partial charge on any atom is -0.450 e. The summed E-state index contributed by atoms with van der Waals surface area (Å²) in [6, 6.07) is 2.18. The molecule has 1 radical (unpaired) electrons. The largest absolute Gasteiger partial charge is 0.450 e. The first-order chi connectivity index (χ1) is 6.16. The molecule has 1 aliphatic rings. The second-order valence-electron chi connectivity index (χ2n) is 2.72. The van der Waals surface area contributed by atoms with Crippen LogP contribution in [0, 0.1) is 6.42 Å². The summed E-state index contributed by atoms with van der Waals surface area (Å²) in [5.74, 6) is -0.854. The van der Waals surface area contributed by atoms with E-state index in [1.54, 1.807) is 0 Å². The molecule has 65 valence electrons. The molecule has 2 rings (SSSR count). The summed E-state index contributed by atoms with van der Waals surface area (Å²) in [5.41, 5.74) is -0.381. The molecule has 0 unspecified atom stereocenters. The van der Waals surface area contributed by atoms with Crippen molar-refractivity contribution in [1.82, 2.24) is 0 Å². The number of hydrogen-bond acceptors (Lipinski definition) is 4. The molecule has 0 aliphatic carbocycles. The highest BCUT2D eigenvalue weighted by Gasteiger charge is 2.21. The minimum atomic E-state index is -0.412. The standard InChI is InChI=1S/C9H5O4/c10-5-3-8-6(11)1-2-7(12)9(4-5)13-8/h1,3-4H,2H2. The predicted molar refractivity (Wildman–Crippen MR) is 42.6 cm³/mol. The van der Waals surface area contributed by atoms with Crippen molar-refractivity contribution in [2.45, 2.75) is 6.42 Å². The molecule has 4 nitrogen and oxygen atoms in total. The van der Waals surface area contributed by atoms with Crippen LogP contribution in [-0.4, -0.2) is 11.6 Å². The highest BCUT2D eigenvalue weighted by Crippen LogP contribution is 2.13. The molecule has 2 bridgehead atoms. The quantitative estimate of drug-likeness (QED) is 0.582. The lowest BCUT2D eigenvalue weighted by atomic mass is 10.1. The fourth-order valence-corrected chi connectivity index (χ4v) is 1.12. The van der Waals surface area contributed by atoms with Crippen LogP contribution in [0.2, 0.25) is 0 Å². The first-order valence-electron chi connectivity index (χ1n) is 3.73. The number of carbonyl (C=O) groups excluding carboxylic acids is 2. The zero-order chi connectivity index (χ0) is 9.42. The molecule has 0 atom stereocenters. The van der Waals surface area contributed by atoms with Gasteiger partial charge in [0.25, 0.3) is 0 Å². The van der Waals surface area contributed by atoms with E-state index in [1.165, 1.54) is 6.42 Å². The minimum absolute atomic E-state index is 0.00468. The van der Waals surface area contributed by atoms with Crippen LogP contribution in [0.3, 0.4) is 0 Å². The van der Waals surface area contributed by atoms with E-state index in [4.69, 9.17) is 4.42 Å². The first-order valence-corrected chi connectivity index (χ1v) is 3.73. The summed E-state index contributed by atoms with van der Waals surface area (Å²) in [4.78, 5) is 33.3. The monoisotopic (exact) mass is 177 g/mol. The molecule has 1 aromatic rings. The summed E-state index contributed by atoms with van der Waals surface area (Å²) in [6.45, 7) is 0. The highest BCUT2D eigenvalue weighted by molar-refractivity contribution is 6.07. The lowest BCUT2D eigenvalue weighted by molar-refractivity contribution is 0.0959. The van der Waals surface area contributed by atoms with Crippen LogP contribution in [0.15, 0.2) is 21.3 Å². The molecular weight excluding hydrogens is 172 g/mol. The van der Waals surface area contributed by atoms with Gasteiger partial charge in [-0.05, 0) is 0 Å². The lowest BCUT2D eigenvalue weighted by Gasteiger charge is -1.93. The van der Waals surface area contributed by atoms with E-state index in [0.717, 1.165) is 12.1 Å². The second-order valence-corrected chi connectivity index (χ2v) is 2.72. The second kappa shape index (κ2) is 2.65. The van der Waals surface area contributed by atoms with Crippen molar-refractivity contribution in [3.05, 3.63) is 40.3 Å². The normalized spacial score (nSPS) is 15.7. The van der Waals surface area contributed by atoms with Crippen molar-refractivity contribution in [1.29, 1.82) is 0 Å². The smallest absolute Gasteiger partial charge is 0.202 e. The molecular formula is C9H5O4. The van der Waals surface area contributed by atoms with Gasteiger partial charge in [-0.15, -0.1) is 0 Å². The third-order valence-corrected chi connectivity index (χ3v) is 1.76. The molecule has 1 aromatic heterocycles. The number of fused-ring (bicyclic) bond motifs is 2. The van der Waals surface area contributed by atoms with Crippen molar-refractivity contribution in [2.75, 3.05) is 0 Å². The molecule has 0 saturated heterocycles. The molecule has 0 fully saturated rings. The molecule has 13 heavy (non-hydrogen) atoms. The van der Waals surface area contributed by atoms with Crippen LogP contribution < -0.4 is 5.43 Å². The van der Waals surface area contributed by atoms with Gasteiger partial charge in [0.05, 0.1) is 0 Å². The molecule has 4 heteroatoms. The maximum atomic E-state index is 11.2. The predicted octanol–water partition coefficient (Wildman–Crippen LogP) is 0.613. The highest BCUT2D eigenvalue weighted by atomic mass is 16.4. The summed E-state index contributed by atoms with van der Waals surface area (Å²) in [5, 5.41) is 0. The topological polar surface area (TPSA) is 64.3 Å². The average molecular weight is 177 g/mol. The fourth-order valence-electron chi connectivity index (χ4n) is 1.12. The van der Waals surface area contributed by atoms with Crippen LogP contribution in [-0.2, 0) is 0 Å². The maximum absolute atomic E-state index is 11.2. The van der Waals surface area contributed by atoms with Gasteiger partial charge in [-0.25, -0.2) is 0 Å². The van der Waals surface area contributed by atoms with Crippen molar-refractivity contribution in [2.24, 2.45) is 0 Å². The van der Waals surface area contributed by atoms with Gasteiger partial charge >= 0.3 is 0 Å². The molecule has 0 aromatic carbocycles. The molecule has 0 amide bonds. The van der Waals surface area contributed by atoms with Crippen LogP contribution in [0.1, 0.15) is 27.5 Å². The zero-order valence-corrected chi connectivity index (χ0v) is 6.57. The van der Waals surface area contributed by atoms with Crippen molar-refractivity contribution in [3.8, 4) is 0 Å². The number of ketones is 2. The number of Topliss-reactive ketones (excluding diaryl/α,β-unsaturated/α-hetero) is 2. The van der Waals surface area contributed by atoms with Gasteiger partial charge in [0.2, 0.25) is 5.78 Å². The first kappa shape index (κ1) is 7.91. The van der Waals surface area contributed by atoms with Gasteiger partial charge in [0.1, 0.15) is 0 Å². The van der Waals surface area contributed by atoms with Gasteiger partial charge in [0.15, 0.2) is 22.7 Å². The van der Waals surface area contributed by atoms with Crippen molar-refractivity contribution in [3.63, 3.8) is 0 Å². The summed E-state index contributed by atoms with van der Waals surface area (Å²) in [7, 11) is 0. The summed E-state index contributed by atoms with van der Waals surface area (Å²) >= 11 is 0. The van der Waals surface area contributed by atoms with Crippen molar-refractivity contribution >= 4 is 11.6 Å². The van der Waals surface area contributed by atoms with Crippen LogP contribution in [0.5, 0.6) is 0 Å². The van der Waals surface area contributed by atoms with Gasteiger partial charge in [-0.3, -0.25) is 14.4 Å². The fraction of sp³-hybridized carbons (Fsp3) is 0.111. The summed E-state index contributed by atoms with van der Waals surface area (Å²) in [6.07, 6.45) is 1.21. The van der Waals surface area contributed by atoms with E-state index in [0.29, 0.717) is 0 Å².